The van der Waals surface area contributed by atoms with E-state index >= 15 is 0 Å². The summed E-state index contributed by atoms with van der Waals surface area (Å²) in [4.78, 5) is 9.68. The number of thiophene rings is 1. The van der Waals surface area contributed by atoms with Crippen molar-refractivity contribution in [2.75, 3.05) is 0 Å². The molecule has 0 saturated heterocycles. The average Bonchev–Trinajstić information content (AvgIpc) is 2.83. The van der Waals surface area contributed by atoms with Gasteiger partial charge in [0.1, 0.15) is 5.69 Å². The molecule has 0 aliphatic rings. The number of hydrogen-bond acceptors (Lipinski definition) is 3. The average molecular weight is 315 g/mol. The van der Waals surface area contributed by atoms with E-state index in [1.165, 1.54) is 11.3 Å². The van der Waals surface area contributed by atoms with Gasteiger partial charge in [-0.2, -0.15) is 0 Å². The van der Waals surface area contributed by atoms with Crippen LogP contribution in [0.15, 0.2) is 35.2 Å². The zero-order valence-electron chi connectivity index (χ0n) is 7.89. The van der Waals surface area contributed by atoms with E-state index in [9.17, 15) is 0 Å². The van der Waals surface area contributed by atoms with Crippen LogP contribution < -0.4 is 0 Å². The highest BCUT2D eigenvalue weighted by molar-refractivity contribution is 9.10. The van der Waals surface area contributed by atoms with E-state index in [0.29, 0.717) is 5.78 Å². The molecule has 0 aliphatic carbocycles. The highest BCUT2D eigenvalue weighted by atomic mass is 79.9. The fraction of sp³-hybridized carbons (Fsp3) is 0. The number of hydrogen-bond donors (Lipinski definition) is 0. The first-order valence-electron chi connectivity index (χ1n) is 4.48. The van der Waals surface area contributed by atoms with Crippen LogP contribution in [0.5, 0.6) is 0 Å². The zero-order chi connectivity index (χ0) is 11.1. The summed E-state index contributed by atoms with van der Waals surface area (Å²) in [7, 11) is 0. The molecule has 0 aromatic carbocycles. The number of rotatable bonds is 1. The van der Waals surface area contributed by atoms with Gasteiger partial charge in [-0.15, -0.1) is 11.3 Å². The molecule has 0 fully saturated rings. The molecular weight excluding hydrogens is 310 g/mol. The molecule has 6 heteroatoms. The Morgan fingerprint density at radius 3 is 2.94 bits per heavy atom. The monoisotopic (exact) mass is 313 g/mol. The predicted molar refractivity (Wildman–Crippen MR) is 69.0 cm³/mol. The first-order valence-corrected chi connectivity index (χ1v) is 6.47. The van der Waals surface area contributed by atoms with E-state index in [-0.39, 0.29) is 0 Å². The van der Waals surface area contributed by atoms with Crippen molar-refractivity contribution in [1.82, 2.24) is 14.4 Å². The van der Waals surface area contributed by atoms with E-state index in [1.807, 2.05) is 28.9 Å². The summed E-state index contributed by atoms with van der Waals surface area (Å²) in [5, 5.41) is 0. The van der Waals surface area contributed by atoms with Crippen molar-refractivity contribution in [3.05, 3.63) is 39.5 Å². The highest BCUT2D eigenvalue weighted by Crippen LogP contribution is 2.30. The topological polar surface area (TPSA) is 30.2 Å². The normalized spacial score (nSPS) is 11.1. The summed E-state index contributed by atoms with van der Waals surface area (Å²) in [6.45, 7) is 0. The Morgan fingerprint density at radius 1 is 1.31 bits per heavy atom. The minimum atomic E-state index is 0.683. The van der Waals surface area contributed by atoms with Gasteiger partial charge in [0.05, 0.1) is 13.7 Å². The van der Waals surface area contributed by atoms with Crippen LogP contribution in [-0.4, -0.2) is 14.4 Å². The molecule has 0 spiro atoms. The van der Waals surface area contributed by atoms with Gasteiger partial charge in [0.25, 0.3) is 0 Å². The van der Waals surface area contributed by atoms with Crippen LogP contribution in [-0.2, 0) is 0 Å². The second kappa shape index (κ2) is 3.84. The van der Waals surface area contributed by atoms with Crippen molar-refractivity contribution >= 4 is 44.6 Å². The van der Waals surface area contributed by atoms with Crippen LogP contribution >= 0.6 is 38.9 Å². The van der Waals surface area contributed by atoms with Crippen LogP contribution in [0, 0.1) is 0 Å². The van der Waals surface area contributed by atoms with E-state index in [4.69, 9.17) is 11.6 Å². The fourth-order valence-corrected chi connectivity index (χ4v) is 2.75. The third kappa shape index (κ3) is 1.75. The molecule has 3 heterocycles. The van der Waals surface area contributed by atoms with Crippen LogP contribution in [0.25, 0.3) is 16.3 Å². The Labute approximate surface area is 109 Å². The molecule has 0 bridgehead atoms. The van der Waals surface area contributed by atoms with Crippen LogP contribution in [0.3, 0.4) is 0 Å². The van der Waals surface area contributed by atoms with Crippen LogP contribution in [0.2, 0.25) is 4.34 Å². The third-order valence-corrected chi connectivity index (χ3v) is 3.77. The van der Waals surface area contributed by atoms with Crippen LogP contribution in [0.1, 0.15) is 0 Å². The Kier molecular flexibility index (Phi) is 2.46. The first-order chi connectivity index (χ1) is 7.72. The largest absolute Gasteiger partial charge is 0.289 e. The van der Waals surface area contributed by atoms with Crippen molar-refractivity contribution in [1.29, 1.82) is 0 Å². The van der Waals surface area contributed by atoms with Gasteiger partial charge < -0.3 is 0 Å². The summed E-state index contributed by atoms with van der Waals surface area (Å²) >= 11 is 10.8. The third-order valence-electron chi connectivity index (χ3n) is 2.10. The molecule has 3 rings (SSSR count). The molecule has 0 saturated carbocycles. The molecule has 80 valence electrons. The molecule has 0 unspecified atom stereocenters. The molecule has 0 radical (unpaired) electrons. The standard InChI is InChI=1S/C10H5BrClN3S/c11-6-3-13-10-14-7(5-15(10)4-6)8-1-2-9(12)16-8/h1-5H. The van der Waals surface area contributed by atoms with Crippen molar-refractivity contribution in [2.24, 2.45) is 0 Å². The van der Waals surface area contributed by atoms with Gasteiger partial charge in [-0.05, 0) is 28.1 Å². The minimum Gasteiger partial charge on any atom is -0.289 e. The molecule has 0 atom stereocenters. The van der Waals surface area contributed by atoms with Crippen molar-refractivity contribution in [3.63, 3.8) is 0 Å². The van der Waals surface area contributed by atoms with Gasteiger partial charge in [0.2, 0.25) is 5.78 Å². The molecule has 0 N–H and O–H groups in total. The van der Waals surface area contributed by atoms with E-state index < -0.39 is 0 Å². The Balaban J connectivity index is 2.18. The Bertz CT molecular complexity index is 661. The van der Waals surface area contributed by atoms with Gasteiger partial charge >= 0.3 is 0 Å². The van der Waals surface area contributed by atoms with Crippen LogP contribution in [0.4, 0.5) is 0 Å². The van der Waals surface area contributed by atoms with Gasteiger partial charge in [-0.25, -0.2) is 9.97 Å². The van der Waals surface area contributed by atoms with E-state index in [0.717, 1.165) is 19.4 Å². The quantitative estimate of drug-likeness (QED) is 0.682. The number of aromatic nitrogens is 3. The number of nitrogens with zero attached hydrogens (tertiary/aromatic N) is 3. The molecule has 3 aromatic heterocycles. The fourth-order valence-electron chi connectivity index (χ4n) is 1.43. The number of halogens is 2. The second-order valence-electron chi connectivity index (χ2n) is 3.21. The lowest BCUT2D eigenvalue weighted by Crippen LogP contribution is -1.85. The maximum absolute atomic E-state index is 5.90. The number of fused-ring (bicyclic) bond motifs is 1. The van der Waals surface area contributed by atoms with Gasteiger partial charge in [-0.3, -0.25) is 4.40 Å². The molecule has 0 aliphatic heterocycles. The highest BCUT2D eigenvalue weighted by Gasteiger charge is 2.07. The van der Waals surface area contributed by atoms with Gasteiger partial charge in [0.15, 0.2) is 0 Å². The SMILES string of the molecule is Clc1ccc(-c2cn3cc(Br)cnc3n2)s1. The van der Waals surface area contributed by atoms with Gasteiger partial charge in [-0.1, -0.05) is 11.6 Å². The minimum absolute atomic E-state index is 0.683. The lowest BCUT2D eigenvalue weighted by atomic mass is 10.4. The maximum atomic E-state index is 5.90. The Hall–Kier alpha value is -0.910. The summed E-state index contributed by atoms with van der Waals surface area (Å²) in [6, 6.07) is 3.83. The lowest BCUT2D eigenvalue weighted by molar-refractivity contribution is 1.10. The smallest absolute Gasteiger partial charge is 0.234 e. The van der Waals surface area contributed by atoms with Crippen molar-refractivity contribution in [3.8, 4) is 10.6 Å². The lowest BCUT2D eigenvalue weighted by Gasteiger charge is -1.90. The maximum Gasteiger partial charge on any atom is 0.234 e. The summed E-state index contributed by atoms with van der Waals surface area (Å²) in [6.07, 6.45) is 5.59. The zero-order valence-corrected chi connectivity index (χ0v) is 11.1. The van der Waals surface area contributed by atoms with E-state index in [2.05, 4.69) is 25.9 Å². The van der Waals surface area contributed by atoms with Crippen molar-refractivity contribution < 1.29 is 0 Å². The summed E-state index contributed by atoms with van der Waals surface area (Å²) in [5.41, 5.74) is 0.891. The first kappa shape index (κ1) is 10.3. The summed E-state index contributed by atoms with van der Waals surface area (Å²) in [5.74, 6) is 0.683. The molecule has 0 amide bonds. The predicted octanol–water partition coefficient (Wildman–Crippen LogP) is 3.87. The molecule has 16 heavy (non-hydrogen) atoms. The van der Waals surface area contributed by atoms with Gasteiger partial charge in [0, 0.05) is 18.6 Å². The van der Waals surface area contributed by atoms with Crippen molar-refractivity contribution in [2.45, 2.75) is 0 Å². The Morgan fingerprint density at radius 2 is 2.19 bits per heavy atom. The molecular formula is C10H5BrClN3S. The van der Waals surface area contributed by atoms with E-state index in [1.54, 1.807) is 6.20 Å². The molecule has 3 nitrogen and oxygen atoms in total. The second-order valence-corrected chi connectivity index (χ2v) is 5.84. The molecule has 3 aromatic rings. The summed E-state index contributed by atoms with van der Waals surface area (Å²) < 4.78 is 3.57. The number of imidazole rings is 1.